The molecule has 0 radical (unpaired) electrons. The van der Waals surface area contributed by atoms with Crippen LogP contribution in [0.25, 0.3) is 0 Å². The number of fused-ring (bicyclic) bond motifs is 1. The molecule has 1 N–H and O–H groups in total. The first-order valence-corrected chi connectivity index (χ1v) is 7.32. The van der Waals surface area contributed by atoms with Gasteiger partial charge in [0.15, 0.2) is 11.5 Å². The van der Waals surface area contributed by atoms with E-state index in [1.807, 2.05) is 10.7 Å². The van der Waals surface area contributed by atoms with Crippen molar-refractivity contribution < 1.29 is 9.47 Å². The molecule has 1 aliphatic heterocycles. The van der Waals surface area contributed by atoms with Crippen LogP contribution in [0, 0.1) is 0 Å². The monoisotopic (exact) mass is 288 g/mol. The van der Waals surface area contributed by atoms with Crippen LogP contribution >= 0.6 is 0 Å². The maximum absolute atomic E-state index is 5.77. The molecule has 0 bridgehead atoms. The van der Waals surface area contributed by atoms with Gasteiger partial charge in [-0.1, -0.05) is 13.0 Å². The van der Waals surface area contributed by atoms with E-state index in [-0.39, 0.29) is 6.04 Å². The van der Waals surface area contributed by atoms with Gasteiger partial charge in [-0.05, 0) is 24.2 Å². The van der Waals surface area contributed by atoms with Crippen molar-refractivity contribution in [2.75, 3.05) is 19.8 Å². The van der Waals surface area contributed by atoms with Gasteiger partial charge >= 0.3 is 0 Å². The number of nitrogens with zero attached hydrogens (tertiary/aromatic N) is 3. The molecule has 1 aliphatic rings. The molecular formula is C15H20N4O2. The minimum absolute atomic E-state index is 0.161. The minimum atomic E-state index is 0.161. The fourth-order valence-corrected chi connectivity index (χ4v) is 2.44. The van der Waals surface area contributed by atoms with Gasteiger partial charge < -0.3 is 14.8 Å². The van der Waals surface area contributed by atoms with Crippen LogP contribution in [0.1, 0.15) is 24.9 Å². The van der Waals surface area contributed by atoms with Crippen molar-refractivity contribution in [3.63, 3.8) is 0 Å². The number of hydrogen-bond donors (Lipinski definition) is 1. The summed E-state index contributed by atoms with van der Waals surface area (Å²) >= 11 is 0. The zero-order chi connectivity index (χ0) is 14.5. The van der Waals surface area contributed by atoms with Gasteiger partial charge in [-0.3, -0.25) is 4.68 Å². The Hall–Kier alpha value is -2.08. The lowest BCUT2D eigenvalue weighted by molar-refractivity contribution is 0.297. The first-order chi connectivity index (χ1) is 10.4. The average molecular weight is 288 g/mol. The molecule has 1 aromatic heterocycles. The number of benzene rings is 1. The van der Waals surface area contributed by atoms with Gasteiger partial charge in [0.1, 0.15) is 12.7 Å². The van der Waals surface area contributed by atoms with Gasteiger partial charge in [-0.25, -0.2) is 4.98 Å². The summed E-state index contributed by atoms with van der Waals surface area (Å²) in [6.07, 6.45) is 4.20. The van der Waals surface area contributed by atoms with E-state index in [4.69, 9.17) is 9.47 Å². The first kappa shape index (κ1) is 13.9. The second-order valence-electron chi connectivity index (χ2n) is 4.98. The van der Waals surface area contributed by atoms with Crippen LogP contribution in [0.15, 0.2) is 30.9 Å². The average Bonchev–Trinajstić information content (AvgIpc) is 2.90. The van der Waals surface area contributed by atoms with Crippen LogP contribution in [0.5, 0.6) is 11.5 Å². The van der Waals surface area contributed by atoms with Crippen molar-refractivity contribution in [2.45, 2.75) is 25.9 Å². The summed E-state index contributed by atoms with van der Waals surface area (Å²) < 4.78 is 13.3. The lowest BCUT2D eigenvalue weighted by Gasteiger charge is -2.19. The fourth-order valence-electron chi connectivity index (χ4n) is 2.44. The SMILES string of the molecule is CCNC(Cn1cncn1)c1ccc2c(c1)OCCCO2. The normalized spacial score (nSPS) is 15.5. The lowest BCUT2D eigenvalue weighted by atomic mass is 10.1. The van der Waals surface area contributed by atoms with Crippen molar-refractivity contribution in [2.24, 2.45) is 0 Å². The molecule has 0 fully saturated rings. The van der Waals surface area contributed by atoms with Crippen LogP contribution in [-0.4, -0.2) is 34.5 Å². The van der Waals surface area contributed by atoms with Crippen molar-refractivity contribution in [1.29, 1.82) is 0 Å². The van der Waals surface area contributed by atoms with Crippen LogP contribution in [0.4, 0.5) is 0 Å². The van der Waals surface area contributed by atoms with E-state index < -0.39 is 0 Å². The molecule has 2 heterocycles. The molecule has 0 amide bonds. The summed E-state index contributed by atoms with van der Waals surface area (Å²) in [5.41, 5.74) is 1.16. The van der Waals surface area contributed by atoms with E-state index in [1.54, 1.807) is 12.7 Å². The van der Waals surface area contributed by atoms with Crippen molar-refractivity contribution in [3.05, 3.63) is 36.4 Å². The van der Waals surface area contributed by atoms with Gasteiger partial charge in [-0.2, -0.15) is 5.10 Å². The summed E-state index contributed by atoms with van der Waals surface area (Å²) in [5, 5.41) is 7.65. The Morgan fingerprint density at radius 1 is 1.29 bits per heavy atom. The standard InChI is InChI=1S/C15H20N4O2/c1-2-17-13(9-19-11-16-10-18-19)12-4-5-14-15(8-12)21-7-3-6-20-14/h4-5,8,10-11,13,17H,2-3,6-7,9H2,1H3. The van der Waals surface area contributed by atoms with Crippen molar-refractivity contribution in [1.82, 2.24) is 20.1 Å². The second kappa shape index (κ2) is 6.58. The number of hydrogen-bond acceptors (Lipinski definition) is 5. The Morgan fingerprint density at radius 3 is 2.90 bits per heavy atom. The van der Waals surface area contributed by atoms with Gasteiger partial charge in [0.05, 0.1) is 25.8 Å². The number of ether oxygens (including phenoxy) is 2. The van der Waals surface area contributed by atoms with Crippen molar-refractivity contribution >= 4 is 0 Å². The molecule has 1 aromatic carbocycles. The maximum atomic E-state index is 5.77. The Labute approximate surface area is 124 Å². The van der Waals surface area contributed by atoms with Crippen LogP contribution < -0.4 is 14.8 Å². The zero-order valence-electron chi connectivity index (χ0n) is 12.2. The third-order valence-electron chi connectivity index (χ3n) is 3.46. The molecule has 1 unspecified atom stereocenters. The van der Waals surface area contributed by atoms with E-state index in [0.29, 0.717) is 13.2 Å². The van der Waals surface area contributed by atoms with E-state index in [1.165, 1.54) is 0 Å². The third kappa shape index (κ3) is 3.33. The fraction of sp³-hybridized carbons (Fsp3) is 0.467. The van der Waals surface area contributed by atoms with E-state index in [0.717, 1.165) is 36.6 Å². The minimum Gasteiger partial charge on any atom is -0.490 e. The molecule has 21 heavy (non-hydrogen) atoms. The maximum Gasteiger partial charge on any atom is 0.161 e. The largest absolute Gasteiger partial charge is 0.490 e. The highest BCUT2D eigenvalue weighted by molar-refractivity contribution is 5.44. The number of likely N-dealkylation sites (N-methyl/N-ethyl adjacent to an activating group) is 1. The molecule has 6 heteroatoms. The Bertz CT molecular complexity index is 571. The molecule has 0 saturated heterocycles. The smallest absolute Gasteiger partial charge is 0.161 e. The molecule has 2 aromatic rings. The molecular weight excluding hydrogens is 268 g/mol. The number of rotatable bonds is 5. The molecule has 112 valence electrons. The predicted octanol–water partition coefficient (Wildman–Crippen LogP) is 1.79. The highest BCUT2D eigenvalue weighted by Crippen LogP contribution is 2.32. The summed E-state index contributed by atoms with van der Waals surface area (Å²) in [6.45, 7) is 5.12. The van der Waals surface area contributed by atoms with E-state index in [2.05, 4.69) is 34.5 Å². The topological polar surface area (TPSA) is 61.2 Å². The summed E-state index contributed by atoms with van der Waals surface area (Å²) in [5.74, 6) is 1.65. The molecule has 6 nitrogen and oxygen atoms in total. The van der Waals surface area contributed by atoms with Gasteiger partial charge in [0.2, 0.25) is 0 Å². The van der Waals surface area contributed by atoms with E-state index in [9.17, 15) is 0 Å². The zero-order valence-corrected chi connectivity index (χ0v) is 12.2. The van der Waals surface area contributed by atoms with Gasteiger partial charge in [0, 0.05) is 6.42 Å². The lowest BCUT2D eigenvalue weighted by Crippen LogP contribution is -2.25. The van der Waals surface area contributed by atoms with Gasteiger partial charge in [0.25, 0.3) is 0 Å². The van der Waals surface area contributed by atoms with Crippen LogP contribution in [0.3, 0.4) is 0 Å². The van der Waals surface area contributed by atoms with Crippen LogP contribution in [0.2, 0.25) is 0 Å². The second-order valence-corrected chi connectivity index (χ2v) is 4.98. The Morgan fingerprint density at radius 2 is 2.14 bits per heavy atom. The summed E-state index contributed by atoms with van der Waals surface area (Å²) in [6, 6.07) is 6.29. The summed E-state index contributed by atoms with van der Waals surface area (Å²) in [4.78, 5) is 3.99. The highest BCUT2D eigenvalue weighted by Gasteiger charge is 2.16. The first-order valence-electron chi connectivity index (χ1n) is 7.32. The molecule has 0 spiro atoms. The van der Waals surface area contributed by atoms with Crippen molar-refractivity contribution in [3.8, 4) is 11.5 Å². The third-order valence-corrected chi connectivity index (χ3v) is 3.46. The Kier molecular flexibility index (Phi) is 4.35. The number of nitrogens with one attached hydrogen (secondary N) is 1. The molecule has 0 saturated carbocycles. The molecule has 1 atom stereocenters. The van der Waals surface area contributed by atoms with E-state index >= 15 is 0 Å². The van der Waals surface area contributed by atoms with Gasteiger partial charge in [-0.15, -0.1) is 0 Å². The van der Waals surface area contributed by atoms with Crippen LogP contribution in [-0.2, 0) is 6.54 Å². The quantitative estimate of drug-likeness (QED) is 0.909. The number of aromatic nitrogens is 3. The predicted molar refractivity (Wildman–Crippen MR) is 78.5 cm³/mol. The summed E-state index contributed by atoms with van der Waals surface area (Å²) in [7, 11) is 0. The Balaban J connectivity index is 1.83. The molecule has 0 aliphatic carbocycles. The molecule has 3 rings (SSSR count). The highest BCUT2D eigenvalue weighted by atomic mass is 16.5.